The Labute approximate surface area is 169 Å². The van der Waals surface area contributed by atoms with Crippen LogP contribution in [0.2, 0.25) is 0 Å². The fourth-order valence-corrected chi connectivity index (χ4v) is 3.51. The normalized spacial score (nSPS) is 11.8. The van der Waals surface area contributed by atoms with Gasteiger partial charge in [-0.1, -0.05) is 36.4 Å². The van der Waals surface area contributed by atoms with Crippen LogP contribution >= 0.6 is 0 Å². The number of fused-ring (bicyclic) bond motifs is 2. The molecule has 0 aliphatic rings. The van der Waals surface area contributed by atoms with Gasteiger partial charge in [-0.25, -0.2) is 4.98 Å². The Balaban J connectivity index is 1.54. The highest BCUT2D eigenvalue weighted by atomic mass is 19.4. The molecule has 0 unspecified atom stereocenters. The summed E-state index contributed by atoms with van der Waals surface area (Å²) in [5.74, 6) is 0.185. The Morgan fingerprint density at radius 1 is 0.833 bits per heavy atom. The van der Waals surface area contributed by atoms with E-state index in [9.17, 15) is 13.2 Å². The molecule has 0 atom stereocenters. The number of hydrogen-bond donors (Lipinski definition) is 2. The number of alkyl halides is 3. The van der Waals surface area contributed by atoms with Crippen LogP contribution in [-0.4, -0.2) is 15.0 Å². The molecular formula is C23H15F3N4. The fraction of sp³-hybridized carbons (Fsp3) is 0.0435. The van der Waals surface area contributed by atoms with Crippen molar-refractivity contribution in [3.63, 3.8) is 0 Å². The first-order valence-corrected chi connectivity index (χ1v) is 9.26. The van der Waals surface area contributed by atoms with Crippen molar-refractivity contribution in [1.29, 1.82) is 0 Å². The van der Waals surface area contributed by atoms with E-state index in [0.29, 0.717) is 11.0 Å². The van der Waals surface area contributed by atoms with Crippen molar-refractivity contribution in [2.75, 3.05) is 5.32 Å². The van der Waals surface area contributed by atoms with Gasteiger partial charge in [0.05, 0.1) is 22.1 Å². The molecule has 3 aromatic carbocycles. The lowest BCUT2D eigenvalue weighted by Crippen LogP contribution is -2.07. The van der Waals surface area contributed by atoms with Crippen molar-refractivity contribution in [2.24, 2.45) is 0 Å². The number of aromatic amines is 1. The average Bonchev–Trinajstić information content (AvgIpc) is 3.17. The fourth-order valence-electron chi connectivity index (χ4n) is 3.51. The highest BCUT2D eigenvalue weighted by Gasteiger charge is 2.34. The summed E-state index contributed by atoms with van der Waals surface area (Å²) < 4.78 is 40.1. The van der Waals surface area contributed by atoms with Gasteiger partial charge in [0.25, 0.3) is 0 Å². The number of aromatic nitrogens is 3. The second kappa shape index (κ2) is 6.88. The third kappa shape index (κ3) is 3.24. The second-order valence-corrected chi connectivity index (χ2v) is 6.86. The molecule has 0 fully saturated rings. The molecule has 0 aliphatic heterocycles. The Hall–Kier alpha value is -3.87. The van der Waals surface area contributed by atoms with Crippen LogP contribution in [0.3, 0.4) is 0 Å². The zero-order chi connectivity index (χ0) is 20.7. The van der Waals surface area contributed by atoms with Gasteiger partial charge in [0.2, 0.25) is 0 Å². The topological polar surface area (TPSA) is 53.6 Å². The van der Waals surface area contributed by atoms with Gasteiger partial charge < -0.3 is 10.3 Å². The molecule has 5 rings (SSSR count). The van der Waals surface area contributed by atoms with Crippen LogP contribution in [0, 0.1) is 0 Å². The number of hydrogen-bond acceptors (Lipinski definition) is 3. The number of nitrogens with one attached hydrogen (secondary N) is 2. The van der Waals surface area contributed by atoms with Gasteiger partial charge in [0, 0.05) is 28.5 Å². The zero-order valence-electron chi connectivity index (χ0n) is 15.5. The molecular weight excluding hydrogens is 389 g/mol. The van der Waals surface area contributed by atoms with E-state index in [1.807, 2.05) is 42.5 Å². The van der Waals surface area contributed by atoms with E-state index in [4.69, 9.17) is 0 Å². The predicted octanol–water partition coefficient (Wildman–Crippen LogP) is 6.54. The number of nitrogens with zero attached hydrogens (tertiary/aromatic N) is 2. The molecule has 0 saturated heterocycles. The van der Waals surface area contributed by atoms with Gasteiger partial charge in [-0.05, 0) is 36.4 Å². The van der Waals surface area contributed by atoms with E-state index in [1.54, 1.807) is 18.3 Å². The minimum atomic E-state index is -4.45. The van der Waals surface area contributed by atoms with Crippen LogP contribution in [0.15, 0.2) is 79.0 Å². The van der Waals surface area contributed by atoms with Crippen LogP contribution in [-0.2, 0) is 6.18 Å². The maximum atomic E-state index is 13.4. The maximum absolute atomic E-state index is 13.4. The lowest BCUT2D eigenvalue weighted by Gasteiger charge is -2.10. The smallest absolute Gasteiger partial charge is 0.355 e. The number of imidazole rings is 1. The monoisotopic (exact) mass is 404 g/mol. The van der Waals surface area contributed by atoms with Crippen molar-refractivity contribution in [1.82, 2.24) is 15.0 Å². The molecule has 148 valence electrons. The summed E-state index contributed by atoms with van der Waals surface area (Å²) in [7, 11) is 0. The van der Waals surface area contributed by atoms with Crippen molar-refractivity contribution >= 4 is 33.3 Å². The van der Waals surface area contributed by atoms with E-state index < -0.39 is 11.7 Å². The number of pyridine rings is 1. The molecule has 0 aliphatic carbocycles. The first-order valence-electron chi connectivity index (χ1n) is 9.26. The number of H-pyrrole nitrogens is 1. The Morgan fingerprint density at radius 3 is 2.50 bits per heavy atom. The van der Waals surface area contributed by atoms with Crippen molar-refractivity contribution in [3.8, 4) is 11.4 Å². The van der Waals surface area contributed by atoms with E-state index in [1.165, 1.54) is 12.1 Å². The van der Waals surface area contributed by atoms with Crippen molar-refractivity contribution in [3.05, 3.63) is 84.6 Å². The van der Waals surface area contributed by atoms with Gasteiger partial charge in [-0.3, -0.25) is 4.98 Å². The third-order valence-electron chi connectivity index (χ3n) is 4.90. The highest BCUT2D eigenvalue weighted by Crippen LogP contribution is 2.36. The lowest BCUT2D eigenvalue weighted by molar-refractivity contribution is -0.137. The SMILES string of the molecule is FC(F)(F)c1ccccc1-c1nc2ccc(Nc3ccnc4ccccc34)cc2[nH]1. The van der Waals surface area contributed by atoms with Gasteiger partial charge in [0.1, 0.15) is 5.82 Å². The molecule has 0 saturated carbocycles. The standard InChI is InChI=1S/C23H15F3N4/c24-23(25,26)17-7-3-1-5-15(17)22-29-20-10-9-14(13-21(20)30-22)28-19-11-12-27-18-8-4-2-6-16(18)19/h1-13H,(H,27,28)(H,29,30). The molecule has 5 aromatic rings. The molecule has 0 spiro atoms. The van der Waals surface area contributed by atoms with Crippen LogP contribution < -0.4 is 5.32 Å². The molecule has 0 radical (unpaired) electrons. The summed E-state index contributed by atoms with van der Waals surface area (Å²) in [4.78, 5) is 11.7. The second-order valence-electron chi connectivity index (χ2n) is 6.86. The van der Waals surface area contributed by atoms with Crippen molar-refractivity contribution < 1.29 is 13.2 Å². The van der Waals surface area contributed by atoms with Gasteiger partial charge in [0.15, 0.2) is 0 Å². The van der Waals surface area contributed by atoms with Crippen LogP contribution in [0.1, 0.15) is 5.56 Å². The highest BCUT2D eigenvalue weighted by molar-refractivity contribution is 5.93. The average molecular weight is 404 g/mol. The molecule has 30 heavy (non-hydrogen) atoms. The maximum Gasteiger partial charge on any atom is 0.417 e. The van der Waals surface area contributed by atoms with E-state index in [-0.39, 0.29) is 11.4 Å². The summed E-state index contributed by atoms with van der Waals surface area (Å²) in [5, 5.41) is 4.33. The number of benzene rings is 3. The predicted molar refractivity (Wildman–Crippen MR) is 112 cm³/mol. The molecule has 2 heterocycles. The Kier molecular flexibility index (Phi) is 4.17. The number of halogens is 3. The number of anilines is 2. The number of rotatable bonds is 3. The van der Waals surface area contributed by atoms with Crippen LogP contribution in [0.5, 0.6) is 0 Å². The van der Waals surface area contributed by atoms with Crippen LogP contribution in [0.4, 0.5) is 24.5 Å². The Bertz CT molecular complexity index is 1370. The quantitative estimate of drug-likeness (QED) is 0.359. The minimum Gasteiger partial charge on any atom is -0.355 e. The first-order chi connectivity index (χ1) is 14.5. The van der Waals surface area contributed by atoms with E-state index in [0.717, 1.165) is 28.3 Å². The van der Waals surface area contributed by atoms with Gasteiger partial charge >= 0.3 is 6.18 Å². The summed E-state index contributed by atoms with van der Waals surface area (Å²) in [6, 6.07) is 20.5. The van der Waals surface area contributed by atoms with Gasteiger partial charge in [-0.15, -0.1) is 0 Å². The third-order valence-corrected chi connectivity index (χ3v) is 4.90. The summed E-state index contributed by atoms with van der Waals surface area (Å²) >= 11 is 0. The molecule has 2 aromatic heterocycles. The molecule has 2 N–H and O–H groups in total. The largest absolute Gasteiger partial charge is 0.417 e. The van der Waals surface area contributed by atoms with E-state index in [2.05, 4.69) is 20.3 Å². The minimum absolute atomic E-state index is 0.0239. The summed E-state index contributed by atoms with van der Waals surface area (Å²) in [6.07, 6.45) is -2.73. The van der Waals surface area contributed by atoms with Crippen LogP contribution in [0.25, 0.3) is 33.3 Å². The molecule has 7 heteroatoms. The van der Waals surface area contributed by atoms with Crippen molar-refractivity contribution in [2.45, 2.75) is 6.18 Å². The van der Waals surface area contributed by atoms with E-state index >= 15 is 0 Å². The summed E-state index contributed by atoms with van der Waals surface area (Å²) in [6.45, 7) is 0. The molecule has 0 bridgehead atoms. The number of para-hydroxylation sites is 1. The Morgan fingerprint density at radius 2 is 1.63 bits per heavy atom. The lowest BCUT2D eigenvalue weighted by atomic mass is 10.1. The van der Waals surface area contributed by atoms with Gasteiger partial charge in [-0.2, -0.15) is 13.2 Å². The molecule has 0 amide bonds. The zero-order valence-corrected chi connectivity index (χ0v) is 15.5. The molecule has 4 nitrogen and oxygen atoms in total. The summed E-state index contributed by atoms with van der Waals surface area (Å²) in [5.41, 5.74) is 3.09. The first kappa shape index (κ1) is 18.2.